The number of aliphatic imine (C=N–C) groups is 1. The Morgan fingerprint density at radius 2 is 1.95 bits per heavy atom. The van der Waals surface area contributed by atoms with Crippen molar-refractivity contribution in [2.45, 2.75) is 19.8 Å². The Morgan fingerprint density at radius 3 is 2.59 bits per heavy atom. The van der Waals surface area contributed by atoms with E-state index in [-0.39, 0.29) is 24.0 Å². The third-order valence-corrected chi connectivity index (χ3v) is 3.25. The Balaban J connectivity index is 0.00000441. The van der Waals surface area contributed by atoms with Crippen molar-refractivity contribution in [3.63, 3.8) is 0 Å². The monoisotopic (exact) mass is 429 g/mol. The molecule has 1 N–H and O–H groups in total. The first-order chi connectivity index (χ1) is 10.3. The van der Waals surface area contributed by atoms with E-state index in [1.807, 2.05) is 7.05 Å². The average Bonchev–Trinajstić information content (AvgIpc) is 3.30. The highest BCUT2D eigenvalue weighted by Crippen LogP contribution is 2.28. The van der Waals surface area contributed by atoms with Crippen molar-refractivity contribution in [2.24, 2.45) is 10.9 Å². The number of nitrogens with one attached hydrogen (secondary N) is 1. The van der Waals surface area contributed by atoms with Gasteiger partial charge in [-0.1, -0.05) is 0 Å². The molecule has 1 rings (SSSR count). The third-order valence-electron chi connectivity index (χ3n) is 3.25. The summed E-state index contributed by atoms with van der Waals surface area (Å²) >= 11 is 0. The van der Waals surface area contributed by atoms with Crippen LogP contribution in [0.4, 0.5) is 0 Å². The van der Waals surface area contributed by atoms with Crippen LogP contribution < -0.4 is 5.32 Å². The van der Waals surface area contributed by atoms with E-state index < -0.39 is 0 Å². The van der Waals surface area contributed by atoms with Crippen molar-refractivity contribution in [3.8, 4) is 0 Å². The Kier molecular flexibility index (Phi) is 14.4. The van der Waals surface area contributed by atoms with E-state index in [9.17, 15) is 0 Å². The minimum absolute atomic E-state index is 0. The van der Waals surface area contributed by atoms with Gasteiger partial charge in [0.25, 0.3) is 0 Å². The summed E-state index contributed by atoms with van der Waals surface area (Å²) < 4.78 is 16.0. The quantitative estimate of drug-likeness (QED) is 0.221. The smallest absolute Gasteiger partial charge is 0.193 e. The second-order valence-electron chi connectivity index (χ2n) is 5.28. The number of likely N-dealkylation sites (N-methyl/N-ethyl adjacent to an activating group) is 1. The van der Waals surface area contributed by atoms with E-state index in [1.165, 1.54) is 12.8 Å². The summed E-state index contributed by atoms with van der Waals surface area (Å²) in [6, 6.07) is 0. The molecular weight excluding hydrogens is 397 g/mol. The van der Waals surface area contributed by atoms with Crippen LogP contribution >= 0.6 is 24.0 Å². The lowest BCUT2D eigenvalue weighted by Gasteiger charge is -2.22. The van der Waals surface area contributed by atoms with Gasteiger partial charge in [0.1, 0.15) is 0 Å². The molecule has 0 aromatic rings. The second kappa shape index (κ2) is 14.5. The van der Waals surface area contributed by atoms with Crippen LogP contribution in [0.2, 0.25) is 0 Å². The van der Waals surface area contributed by atoms with E-state index in [0.29, 0.717) is 26.4 Å². The number of ether oxygens (including phenoxy) is 3. The summed E-state index contributed by atoms with van der Waals surface area (Å²) in [5.74, 6) is 1.73. The van der Waals surface area contributed by atoms with Crippen LogP contribution in [0.3, 0.4) is 0 Å². The van der Waals surface area contributed by atoms with Gasteiger partial charge in [-0.25, -0.2) is 0 Å². The highest BCUT2D eigenvalue weighted by molar-refractivity contribution is 14.0. The number of methoxy groups -OCH3 is 1. The molecule has 0 saturated heterocycles. The summed E-state index contributed by atoms with van der Waals surface area (Å²) in [4.78, 5) is 6.65. The topological polar surface area (TPSA) is 55.3 Å². The molecule has 22 heavy (non-hydrogen) atoms. The zero-order valence-corrected chi connectivity index (χ0v) is 16.5. The van der Waals surface area contributed by atoms with Crippen molar-refractivity contribution >= 4 is 29.9 Å². The van der Waals surface area contributed by atoms with Crippen LogP contribution in [0, 0.1) is 5.92 Å². The lowest BCUT2D eigenvalue weighted by Crippen LogP contribution is -2.40. The lowest BCUT2D eigenvalue weighted by atomic mass is 10.5. The molecule has 1 aliphatic carbocycles. The zero-order valence-electron chi connectivity index (χ0n) is 14.2. The number of hydrogen-bond donors (Lipinski definition) is 1. The van der Waals surface area contributed by atoms with Gasteiger partial charge in [-0.15, -0.1) is 24.0 Å². The van der Waals surface area contributed by atoms with Crippen molar-refractivity contribution in [2.75, 3.05) is 66.8 Å². The summed E-state index contributed by atoms with van der Waals surface area (Å²) in [6.45, 7) is 7.96. The summed E-state index contributed by atoms with van der Waals surface area (Å²) in [5, 5.41) is 3.29. The van der Waals surface area contributed by atoms with E-state index in [1.54, 1.807) is 7.11 Å². The minimum atomic E-state index is 0. The Morgan fingerprint density at radius 1 is 1.18 bits per heavy atom. The van der Waals surface area contributed by atoms with Crippen LogP contribution in [-0.4, -0.2) is 77.7 Å². The van der Waals surface area contributed by atoms with Gasteiger partial charge >= 0.3 is 0 Å². The first kappa shape index (κ1) is 21.9. The van der Waals surface area contributed by atoms with Crippen LogP contribution in [0.15, 0.2) is 4.99 Å². The van der Waals surface area contributed by atoms with Gasteiger partial charge < -0.3 is 24.4 Å². The van der Waals surface area contributed by atoms with Gasteiger partial charge in [0.05, 0.1) is 33.0 Å². The van der Waals surface area contributed by atoms with Crippen molar-refractivity contribution in [3.05, 3.63) is 0 Å². The molecule has 6 nitrogen and oxygen atoms in total. The summed E-state index contributed by atoms with van der Waals surface area (Å²) in [7, 11) is 3.71. The number of rotatable bonds is 12. The standard InChI is InChI=1S/C15H31N3O3.HI/c1-4-16-15(17-7-9-20-12-11-19-3)18(2)8-10-21-13-14-5-6-14;/h14H,4-13H2,1-3H3,(H,16,17);1H. The van der Waals surface area contributed by atoms with E-state index in [4.69, 9.17) is 14.2 Å². The maximum atomic E-state index is 5.66. The average molecular weight is 429 g/mol. The SMILES string of the molecule is CCNC(=NCCOCCOC)N(C)CCOCC1CC1.I. The van der Waals surface area contributed by atoms with Crippen LogP contribution in [-0.2, 0) is 14.2 Å². The Hall–Kier alpha value is -0.120. The summed E-state index contributed by atoms with van der Waals surface area (Å²) in [6.07, 6.45) is 2.67. The first-order valence-electron chi connectivity index (χ1n) is 7.91. The molecule has 0 aromatic heterocycles. The van der Waals surface area contributed by atoms with Gasteiger partial charge in [-0.05, 0) is 25.7 Å². The Labute approximate surface area is 152 Å². The molecule has 0 aliphatic heterocycles. The molecule has 132 valence electrons. The number of guanidine groups is 1. The van der Waals surface area contributed by atoms with E-state index in [0.717, 1.165) is 38.2 Å². The fourth-order valence-corrected chi connectivity index (χ4v) is 1.77. The van der Waals surface area contributed by atoms with E-state index >= 15 is 0 Å². The van der Waals surface area contributed by atoms with Gasteiger partial charge in [-0.2, -0.15) is 0 Å². The minimum Gasteiger partial charge on any atom is -0.382 e. The number of hydrogen-bond acceptors (Lipinski definition) is 4. The predicted molar refractivity (Wildman–Crippen MR) is 100 cm³/mol. The molecule has 1 saturated carbocycles. The molecule has 7 heteroatoms. The predicted octanol–water partition coefficient (Wildman–Crippen LogP) is 1.59. The third kappa shape index (κ3) is 11.4. The van der Waals surface area contributed by atoms with Crippen LogP contribution in [0.5, 0.6) is 0 Å². The first-order valence-corrected chi connectivity index (χ1v) is 7.91. The van der Waals surface area contributed by atoms with Crippen molar-refractivity contribution in [1.82, 2.24) is 10.2 Å². The molecule has 0 heterocycles. The number of halogens is 1. The molecule has 0 unspecified atom stereocenters. The van der Waals surface area contributed by atoms with Crippen LogP contribution in [0.1, 0.15) is 19.8 Å². The van der Waals surface area contributed by atoms with Gasteiger partial charge in [0.15, 0.2) is 5.96 Å². The molecule has 0 spiro atoms. The molecule has 1 aliphatic rings. The zero-order chi connectivity index (χ0) is 15.3. The second-order valence-corrected chi connectivity index (χ2v) is 5.28. The van der Waals surface area contributed by atoms with Crippen molar-refractivity contribution < 1.29 is 14.2 Å². The lowest BCUT2D eigenvalue weighted by molar-refractivity contribution is 0.0747. The van der Waals surface area contributed by atoms with Crippen molar-refractivity contribution in [1.29, 1.82) is 0 Å². The number of nitrogens with zero attached hydrogens (tertiary/aromatic N) is 2. The van der Waals surface area contributed by atoms with E-state index in [2.05, 4.69) is 22.1 Å². The molecule has 1 fully saturated rings. The molecule has 0 bridgehead atoms. The normalized spacial score (nSPS) is 14.6. The fourth-order valence-electron chi connectivity index (χ4n) is 1.77. The molecule has 0 radical (unpaired) electrons. The van der Waals surface area contributed by atoms with Gasteiger partial charge in [-0.3, -0.25) is 4.99 Å². The van der Waals surface area contributed by atoms with Gasteiger partial charge in [0.2, 0.25) is 0 Å². The maximum Gasteiger partial charge on any atom is 0.193 e. The fraction of sp³-hybridized carbons (Fsp3) is 0.933. The molecule has 0 aromatic carbocycles. The molecular formula is C15H32IN3O3. The van der Waals surface area contributed by atoms with Gasteiger partial charge in [0, 0.05) is 33.9 Å². The Bertz CT molecular complexity index is 289. The summed E-state index contributed by atoms with van der Waals surface area (Å²) in [5.41, 5.74) is 0. The highest BCUT2D eigenvalue weighted by atomic mass is 127. The maximum absolute atomic E-state index is 5.66. The molecule has 0 amide bonds. The largest absolute Gasteiger partial charge is 0.382 e. The molecule has 0 atom stereocenters. The van der Waals surface area contributed by atoms with Crippen LogP contribution in [0.25, 0.3) is 0 Å². The highest BCUT2D eigenvalue weighted by Gasteiger charge is 2.21.